The Balaban J connectivity index is 1.60. The molecule has 1 aliphatic heterocycles. The molecule has 0 spiro atoms. The van der Waals surface area contributed by atoms with Gasteiger partial charge < -0.3 is 15.3 Å². The van der Waals surface area contributed by atoms with Gasteiger partial charge in [0.05, 0.1) is 11.6 Å². The normalized spacial score (nSPS) is 26.9. The van der Waals surface area contributed by atoms with Gasteiger partial charge in [-0.05, 0) is 36.6 Å². The fourth-order valence-corrected chi connectivity index (χ4v) is 2.92. The maximum Gasteiger partial charge on any atom is 0.335 e. The van der Waals surface area contributed by atoms with E-state index in [1.165, 1.54) is 24.3 Å². The summed E-state index contributed by atoms with van der Waals surface area (Å²) in [5, 5.41) is 11.7. The van der Waals surface area contributed by atoms with E-state index in [-0.39, 0.29) is 23.4 Å². The van der Waals surface area contributed by atoms with Crippen molar-refractivity contribution >= 4 is 17.8 Å². The summed E-state index contributed by atoms with van der Waals surface area (Å²) in [4.78, 5) is 36.8. The van der Waals surface area contributed by atoms with Gasteiger partial charge in [0.2, 0.25) is 5.91 Å². The highest BCUT2D eigenvalue weighted by atomic mass is 16.4. The van der Waals surface area contributed by atoms with Crippen molar-refractivity contribution < 1.29 is 19.5 Å². The molecule has 1 aromatic carbocycles. The molecule has 1 saturated carbocycles. The highest BCUT2D eigenvalue weighted by Crippen LogP contribution is 2.37. The van der Waals surface area contributed by atoms with Crippen LogP contribution in [0.1, 0.15) is 40.5 Å². The topological polar surface area (TPSA) is 86.7 Å². The lowest BCUT2D eigenvalue weighted by molar-refractivity contribution is -0.128. The van der Waals surface area contributed by atoms with E-state index in [0.29, 0.717) is 30.5 Å². The minimum atomic E-state index is -1.03. The molecule has 0 unspecified atom stereocenters. The number of hydrogen-bond acceptors (Lipinski definition) is 3. The first kappa shape index (κ1) is 14.6. The predicted molar refractivity (Wildman–Crippen MR) is 78.6 cm³/mol. The molecule has 0 bridgehead atoms. The molecule has 2 fully saturated rings. The van der Waals surface area contributed by atoms with Crippen LogP contribution in [-0.4, -0.2) is 46.4 Å². The summed E-state index contributed by atoms with van der Waals surface area (Å²) in [6.45, 7) is 2.68. The molecule has 2 aliphatic rings. The van der Waals surface area contributed by atoms with E-state index in [9.17, 15) is 14.4 Å². The average Bonchev–Trinajstić information content (AvgIpc) is 3.09. The molecule has 6 nitrogen and oxygen atoms in total. The Morgan fingerprint density at radius 2 is 1.82 bits per heavy atom. The number of carboxylic acids is 1. The van der Waals surface area contributed by atoms with Gasteiger partial charge in [-0.2, -0.15) is 0 Å². The summed E-state index contributed by atoms with van der Waals surface area (Å²) in [5.41, 5.74) is 0.539. The zero-order valence-electron chi connectivity index (χ0n) is 12.3. The van der Waals surface area contributed by atoms with Crippen molar-refractivity contribution in [3.63, 3.8) is 0 Å². The quantitative estimate of drug-likeness (QED) is 0.872. The van der Waals surface area contributed by atoms with Gasteiger partial charge in [-0.15, -0.1) is 0 Å². The maximum absolute atomic E-state index is 12.2. The van der Waals surface area contributed by atoms with Crippen molar-refractivity contribution in [1.29, 1.82) is 0 Å². The SMILES string of the molecule is C[C@@H]1C[C@H]1N1C[C@@H](NC(=O)c2ccc(C(=O)O)cc2)CC1=O. The molecule has 1 aliphatic carbocycles. The minimum absolute atomic E-state index is 0.0980. The number of rotatable bonds is 4. The second kappa shape index (κ2) is 5.44. The number of carboxylic acid groups (broad SMARTS) is 1. The van der Waals surface area contributed by atoms with Crippen molar-refractivity contribution in [3.05, 3.63) is 35.4 Å². The van der Waals surface area contributed by atoms with Crippen molar-refractivity contribution in [1.82, 2.24) is 10.2 Å². The van der Waals surface area contributed by atoms with Crippen LogP contribution in [0.15, 0.2) is 24.3 Å². The largest absolute Gasteiger partial charge is 0.478 e. The third kappa shape index (κ3) is 2.81. The molecule has 116 valence electrons. The molecular weight excluding hydrogens is 284 g/mol. The molecule has 0 radical (unpaired) electrons. The molecule has 6 heteroatoms. The lowest BCUT2D eigenvalue weighted by atomic mass is 10.1. The zero-order chi connectivity index (χ0) is 15.9. The predicted octanol–water partition coefficient (Wildman–Crippen LogP) is 1.12. The molecular formula is C16H18N2O4. The summed E-state index contributed by atoms with van der Waals surface area (Å²) in [5.74, 6) is -0.647. The second-order valence-electron chi connectivity index (χ2n) is 6.08. The third-order valence-corrected chi connectivity index (χ3v) is 4.36. The summed E-state index contributed by atoms with van der Waals surface area (Å²) in [6, 6.07) is 5.92. The number of amides is 2. The lowest BCUT2D eigenvalue weighted by Gasteiger charge is -2.17. The second-order valence-corrected chi connectivity index (χ2v) is 6.08. The number of likely N-dealkylation sites (tertiary alicyclic amines) is 1. The average molecular weight is 302 g/mol. The van der Waals surface area contributed by atoms with E-state index in [4.69, 9.17) is 5.11 Å². The number of carbonyl (C=O) groups excluding carboxylic acids is 2. The van der Waals surface area contributed by atoms with Crippen LogP contribution < -0.4 is 5.32 Å². The summed E-state index contributed by atoms with van der Waals surface area (Å²) in [7, 11) is 0. The molecule has 2 amide bonds. The van der Waals surface area contributed by atoms with Gasteiger partial charge in [-0.3, -0.25) is 9.59 Å². The number of benzene rings is 1. The van der Waals surface area contributed by atoms with Gasteiger partial charge in [0.25, 0.3) is 5.91 Å². The van der Waals surface area contributed by atoms with Gasteiger partial charge in [0.1, 0.15) is 0 Å². The van der Waals surface area contributed by atoms with Crippen molar-refractivity contribution in [2.45, 2.75) is 31.8 Å². The van der Waals surface area contributed by atoms with Gasteiger partial charge in [0.15, 0.2) is 0 Å². The van der Waals surface area contributed by atoms with Crippen molar-refractivity contribution in [2.75, 3.05) is 6.54 Å². The van der Waals surface area contributed by atoms with Crippen LogP contribution in [0, 0.1) is 5.92 Å². The van der Waals surface area contributed by atoms with Crippen LogP contribution in [0.2, 0.25) is 0 Å². The molecule has 3 atom stereocenters. The third-order valence-electron chi connectivity index (χ3n) is 4.36. The lowest BCUT2D eigenvalue weighted by Crippen LogP contribution is -2.37. The molecule has 0 aromatic heterocycles. The van der Waals surface area contributed by atoms with Crippen LogP contribution in [0.4, 0.5) is 0 Å². The van der Waals surface area contributed by atoms with Crippen molar-refractivity contribution in [3.8, 4) is 0 Å². The summed E-state index contributed by atoms with van der Waals surface area (Å²) in [6.07, 6.45) is 1.38. The highest BCUT2D eigenvalue weighted by molar-refractivity contribution is 5.96. The van der Waals surface area contributed by atoms with Gasteiger partial charge in [-0.25, -0.2) is 4.79 Å². The van der Waals surface area contributed by atoms with Gasteiger partial charge in [0, 0.05) is 24.6 Å². The number of hydrogen-bond donors (Lipinski definition) is 2. The first-order chi connectivity index (χ1) is 10.5. The molecule has 1 heterocycles. The molecule has 2 N–H and O–H groups in total. The standard InChI is InChI=1S/C16H18N2O4/c1-9-6-13(9)18-8-12(7-14(18)19)17-15(20)10-2-4-11(5-3-10)16(21)22/h2-5,9,12-13H,6-8H2,1H3,(H,17,20)(H,21,22)/t9-,12+,13-/m1/s1. The van der Waals surface area contributed by atoms with E-state index in [1.807, 2.05) is 4.90 Å². The number of nitrogens with one attached hydrogen (secondary N) is 1. The Morgan fingerprint density at radius 3 is 2.36 bits per heavy atom. The maximum atomic E-state index is 12.2. The van der Waals surface area contributed by atoms with E-state index in [0.717, 1.165) is 6.42 Å². The van der Waals surface area contributed by atoms with Gasteiger partial charge in [-0.1, -0.05) is 6.92 Å². The highest BCUT2D eigenvalue weighted by Gasteiger charge is 2.44. The van der Waals surface area contributed by atoms with Crippen LogP contribution >= 0.6 is 0 Å². The number of aromatic carboxylic acids is 1. The fraction of sp³-hybridized carbons (Fsp3) is 0.438. The smallest absolute Gasteiger partial charge is 0.335 e. The number of nitrogens with zero attached hydrogens (tertiary/aromatic N) is 1. The Kier molecular flexibility index (Phi) is 3.60. The first-order valence-corrected chi connectivity index (χ1v) is 7.39. The first-order valence-electron chi connectivity index (χ1n) is 7.39. The number of carbonyl (C=O) groups is 3. The summed E-state index contributed by atoms with van der Waals surface area (Å²) < 4.78 is 0. The van der Waals surface area contributed by atoms with Crippen LogP contribution in [0.25, 0.3) is 0 Å². The van der Waals surface area contributed by atoms with Crippen molar-refractivity contribution in [2.24, 2.45) is 5.92 Å². The van der Waals surface area contributed by atoms with E-state index in [1.54, 1.807) is 0 Å². The minimum Gasteiger partial charge on any atom is -0.478 e. The Hall–Kier alpha value is -2.37. The Morgan fingerprint density at radius 1 is 1.23 bits per heavy atom. The zero-order valence-corrected chi connectivity index (χ0v) is 12.3. The summed E-state index contributed by atoms with van der Waals surface area (Å²) >= 11 is 0. The van der Waals surface area contributed by atoms with Gasteiger partial charge >= 0.3 is 5.97 Å². The monoisotopic (exact) mass is 302 g/mol. The fourth-order valence-electron chi connectivity index (χ4n) is 2.92. The van der Waals surface area contributed by atoms with Crippen LogP contribution in [-0.2, 0) is 4.79 Å². The van der Waals surface area contributed by atoms with Crippen LogP contribution in [0.5, 0.6) is 0 Å². The van der Waals surface area contributed by atoms with Crippen LogP contribution in [0.3, 0.4) is 0 Å². The van der Waals surface area contributed by atoms with E-state index < -0.39 is 5.97 Å². The Bertz CT molecular complexity index is 626. The molecule has 1 aromatic rings. The Labute approximate surface area is 128 Å². The molecule has 3 rings (SSSR count). The molecule has 1 saturated heterocycles. The molecule has 22 heavy (non-hydrogen) atoms. The van der Waals surface area contributed by atoms with E-state index >= 15 is 0 Å². The van der Waals surface area contributed by atoms with E-state index in [2.05, 4.69) is 12.2 Å².